The Hall–Kier alpha value is -0.740. The number of anilines is 1. The zero-order valence-electron chi connectivity index (χ0n) is 16.8. The summed E-state index contributed by atoms with van der Waals surface area (Å²) < 4.78 is 19.8. The standard InChI is InChI=1S/C20H31FN4OS.HI/c1-3-27-20(8-14-26-15-9-20)16-23-19(22-2)25-12-10-24(11-13-25)18-7-5-4-6-17(18)21;/h4-7H,3,8-16H2,1-2H3,(H,22,23);1H. The monoisotopic (exact) mass is 522 g/mol. The fourth-order valence-electron chi connectivity index (χ4n) is 3.86. The number of guanidine groups is 1. The zero-order valence-corrected chi connectivity index (χ0v) is 20.0. The second-order valence-corrected chi connectivity index (χ2v) is 8.79. The molecule has 1 aromatic rings. The molecule has 1 aromatic carbocycles. The zero-order chi connectivity index (χ0) is 19.1. The summed E-state index contributed by atoms with van der Waals surface area (Å²) in [5.74, 6) is 1.92. The molecule has 0 aromatic heterocycles. The maximum atomic E-state index is 14.0. The van der Waals surface area contributed by atoms with Crippen molar-refractivity contribution in [1.29, 1.82) is 0 Å². The second-order valence-electron chi connectivity index (χ2n) is 7.05. The van der Waals surface area contributed by atoms with Gasteiger partial charge in [0, 0.05) is 57.7 Å². The van der Waals surface area contributed by atoms with Crippen molar-refractivity contribution < 1.29 is 9.13 Å². The summed E-state index contributed by atoms with van der Waals surface area (Å²) in [6.07, 6.45) is 2.16. The number of nitrogens with one attached hydrogen (secondary N) is 1. The third-order valence-electron chi connectivity index (χ3n) is 5.41. The van der Waals surface area contributed by atoms with Crippen LogP contribution in [0, 0.1) is 5.82 Å². The van der Waals surface area contributed by atoms with Crippen molar-refractivity contribution in [2.45, 2.75) is 24.5 Å². The summed E-state index contributed by atoms with van der Waals surface area (Å²) in [6.45, 7) is 8.08. The van der Waals surface area contributed by atoms with Crippen molar-refractivity contribution in [3.8, 4) is 0 Å². The molecule has 0 spiro atoms. The second kappa shape index (κ2) is 11.4. The van der Waals surface area contributed by atoms with Crippen molar-refractivity contribution in [3.63, 3.8) is 0 Å². The number of benzene rings is 1. The topological polar surface area (TPSA) is 40.1 Å². The van der Waals surface area contributed by atoms with E-state index < -0.39 is 0 Å². The fourth-order valence-corrected chi connectivity index (χ4v) is 5.10. The van der Waals surface area contributed by atoms with Crippen LogP contribution in [-0.2, 0) is 4.74 Å². The smallest absolute Gasteiger partial charge is 0.193 e. The van der Waals surface area contributed by atoms with Crippen LogP contribution in [-0.4, -0.2) is 74.3 Å². The molecular weight excluding hydrogens is 490 g/mol. The number of rotatable bonds is 5. The van der Waals surface area contributed by atoms with Gasteiger partial charge in [-0.15, -0.1) is 24.0 Å². The van der Waals surface area contributed by atoms with E-state index >= 15 is 0 Å². The largest absolute Gasteiger partial charge is 0.381 e. The third-order valence-corrected chi connectivity index (χ3v) is 6.86. The molecule has 8 heteroatoms. The van der Waals surface area contributed by atoms with Crippen LogP contribution in [0.2, 0.25) is 0 Å². The highest BCUT2D eigenvalue weighted by atomic mass is 127. The lowest BCUT2D eigenvalue weighted by molar-refractivity contribution is 0.0780. The Labute approximate surface area is 189 Å². The van der Waals surface area contributed by atoms with Crippen LogP contribution >= 0.6 is 35.7 Å². The highest BCUT2D eigenvalue weighted by Crippen LogP contribution is 2.34. The number of para-hydroxylation sites is 1. The number of thioether (sulfide) groups is 1. The summed E-state index contributed by atoms with van der Waals surface area (Å²) in [7, 11) is 1.84. The fraction of sp³-hybridized carbons (Fsp3) is 0.650. The van der Waals surface area contributed by atoms with E-state index in [1.165, 1.54) is 6.07 Å². The van der Waals surface area contributed by atoms with Gasteiger partial charge in [-0.25, -0.2) is 4.39 Å². The van der Waals surface area contributed by atoms with E-state index in [1.54, 1.807) is 6.07 Å². The van der Waals surface area contributed by atoms with Gasteiger partial charge in [0.2, 0.25) is 0 Å². The first-order valence-corrected chi connectivity index (χ1v) is 10.8. The average molecular weight is 522 g/mol. The lowest BCUT2D eigenvalue weighted by Gasteiger charge is -2.40. The Morgan fingerprint density at radius 2 is 1.89 bits per heavy atom. The highest BCUT2D eigenvalue weighted by molar-refractivity contribution is 14.0. The van der Waals surface area contributed by atoms with E-state index in [2.05, 4.69) is 27.0 Å². The Bertz CT molecular complexity index is 629. The van der Waals surface area contributed by atoms with Gasteiger partial charge in [0.15, 0.2) is 5.96 Å². The predicted octanol–water partition coefficient (Wildman–Crippen LogP) is 3.44. The molecule has 0 atom stereocenters. The number of hydrogen-bond acceptors (Lipinski definition) is 4. The molecule has 5 nitrogen and oxygen atoms in total. The van der Waals surface area contributed by atoms with Crippen LogP contribution in [0.3, 0.4) is 0 Å². The maximum absolute atomic E-state index is 14.0. The summed E-state index contributed by atoms with van der Waals surface area (Å²) in [6, 6.07) is 7.02. The van der Waals surface area contributed by atoms with Gasteiger partial charge < -0.3 is 19.9 Å². The minimum absolute atomic E-state index is 0. The van der Waals surface area contributed by atoms with Crippen LogP contribution in [0.4, 0.5) is 10.1 Å². The van der Waals surface area contributed by atoms with Crippen molar-refractivity contribution >= 4 is 47.4 Å². The van der Waals surface area contributed by atoms with E-state index in [1.807, 2.05) is 30.9 Å². The SMILES string of the molecule is CCSC1(CNC(=NC)N2CCN(c3ccccc3F)CC2)CCOCC1.I. The van der Waals surface area contributed by atoms with Gasteiger partial charge in [-0.1, -0.05) is 19.1 Å². The molecule has 1 N–H and O–H groups in total. The Morgan fingerprint density at radius 1 is 1.21 bits per heavy atom. The third kappa shape index (κ3) is 5.89. The van der Waals surface area contributed by atoms with Gasteiger partial charge in [-0.2, -0.15) is 11.8 Å². The maximum Gasteiger partial charge on any atom is 0.193 e. The lowest BCUT2D eigenvalue weighted by atomic mass is 9.99. The molecule has 3 rings (SSSR count). The molecule has 158 valence electrons. The lowest BCUT2D eigenvalue weighted by Crippen LogP contribution is -2.55. The Morgan fingerprint density at radius 3 is 2.50 bits per heavy atom. The molecule has 0 unspecified atom stereocenters. The van der Waals surface area contributed by atoms with Crippen molar-refractivity contribution in [3.05, 3.63) is 30.1 Å². The van der Waals surface area contributed by atoms with Crippen LogP contribution in [0.15, 0.2) is 29.3 Å². The first kappa shape index (κ1) is 23.5. The normalized spacial score (nSPS) is 19.9. The van der Waals surface area contributed by atoms with E-state index in [4.69, 9.17) is 4.74 Å². The van der Waals surface area contributed by atoms with Crippen molar-refractivity contribution in [2.24, 2.45) is 4.99 Å². The predicted molar refractivity (Wildman–Crippen MR) is 128 cm³/mol. The summed E-state index contributed by atoms with van der Waals surface area (Å²) in [4.78, 5) is 8.90. The van der Waals surface area contributed by atoms with Gasteiger partial charge in [-0.05, 0) is 30.7 Å². The molecule has 28 heavy (non-hydrogen) atoms. The number of nitrogens with zero attached hydrogens (tertiary/aromatic N) is 3. The number of ether oxygens (including phenoxy) is 1. The summed E-state index contributed by atoms with van der Waals surface area (Å²) in [5.41, 5.74) is 0.695. The number of halogens is 2. The Kier molecular flexibility index (Phi) is 9.62. The average Bonchev–Trinajstić information content (AvgIpc) is 2.70. The van der Waals surface area contributed by atoms with Gasteiger partial charge >= 0.3 is 0 Å². The minimum atomic E-state index is -0.147. The van der Waals surface area contributed by atoms with Crippen molar-refractivity contribution in [1.82, 2.24) is 10.2 Å². The molecule has 2 heterocycles. The summed E-state index contributed by atoms with van der Waals surface area (Å²) in [5, 5.41) is 3.61. The Balaban J connectivity index is 0.00000280. The molecule has 2 fully saturated rings. The summed E-state index contributed by atoms with van der Waals surface area (Å²) >= 11 is 2.03. The van der Waals surface area contributed by atoms with Gasteiger partial charge in [0.05, 0.1) is 5.69 Å². The molecule has 0 saturated carbocycles. The first-order valence-electron chi connectivity index (χ1n) is 9.84. The molecule has 0 radical (unpaired) electrons. The molecular formula is C20H32FIN4OS. The molecule has 2 saturated heterocycles. The quantitative estimate of drug-likeness (QED) is 0.365. The molecule has 2 aliphatic rings. The van der Waals surface area contributed by atoms with E-state index in [0.717, 1.165) is 70.5 Å². The van der Waals surface area contributed by atoms with E-state index in [-0.39, 0.29) is 34.5 Å². The first-order chi connectivity index (χ1) is 13.2. The van der Waals surface area contributed by atoms with Crippen LogP contribution < -0.4 is 10.2 Å². The number of aliphatic imine (C=N–C) groups is 1. The van der Waals surface area contributed by atoms with Crippen LogP contribution in [0.25, 0.3) is 0 Å². The van der Waals surface area contributed by atoms with Crippen LogP contribution in [0.1, 0.15) is 19.8 Å². The molecule has 0 amide bonds. The minimum Gasteiger partial charge on any atom is -0.381 e. The molecule has 0 aliphatic carbocycles. The van der Waals surface area contributed by atoms with Gasteiger partial charge in [-0.3, -0.25) is 4.99 Å². The van der Waals surface area contributed by atoms with E-state index in [9.17, 15) is 4.39 Å². The highest BCUT2D eigenvalue weighted by Gasteiger charge is 2.33. The van der Waals surface area contributed by atoms with Crippen LogP contribution in [0.5, 0.6) is 0 Å². The van der Waals surface area contributed by atoms with Crippen molar-refractivity contribution in [2.75, 3.05) is 63.6 Å². The van der Waals surface area contributed by atoms with Gasteiger partial charge in [0.25, 0.3) is 0 Å². The molecule has 0 bridgehead atoms. The molecule has 2 aliphatic heterocycles. The van der Waals surface area contributed by atoms with E-state index in [0.29, 0.717) is 5.69 Å². The number of piperazine rings is 1. The van der Waals surface area contributed by atoms with Gasteiger partial charge in [0.1, 0.15) is 5.82 Å². The number of hydrogen-bond donors (Lipinski definition) is 1.